The van der Waals surface area contributed by atoms with Crippen molar-refractivity contribution < 1.29 is 99.5 Å². The highest BCUT2D eigenvalue weighted by atomic mass is 16.6. The first kappa shape index (κ1) is 70.5. The minimum absolute atomic E-state index is 0.494. The van der Waals surface area contributed by atoms with E-state index in [4.69, 9.17) is 99.5 Å². The molecule has 0 aliphatic rings. The van der Waals surface area contributed by atoms with E-state index >= 15 is 0 Å². The molecule has 0 aromatic carbocycles. The van der Waals surface area contributed by atoms with Crippen molar-refractivity contribution in [2.24, 2.45) is 0 Å². The van der Waals surface area contributed by atoms with Crippen LogP contribution in [0.4, 0.5) is 0 Å². The summed E-state index contributed by atoms with van der Waals surface area (Å²) >= 11 is 0. The van der Waals surface area contributed by atoms with Crippen molar-refractivity contribution in [3.63, 3.8) is 0 Å². The Morgan fingerprint density at radius 3 is 0.528 bits per heavy atom. The summed E-state index contributed by atoms with van der Waals surface area (Å²) in [5, 5.41) is 0. The molecule has 0 atom stereocenters. The first-order valence-corrected chi connectivity index (χ1v) is 26.2. The molecule has 0 bridgehead atoms. The molecule has 0 N–H and O–H groups in total. The molecule has 0 fully saturated rings. The van der Waals surface area contributed by atoms with Crippen LogP contribution in [0.2, 0.25) is 0 Å². The average molecular weight is 1050 g/mol. The molecule has 0 aromatic rings. The van der Waals surface area contributed by atoms with Gasteiger partial charge in [-0.05, 0) is 32.6 Å². The second kappa shape index (κ2) is 67.5. The highest BCUT2D eigenvalue weighted by Gasteiger charge is 2.00. The van der Waals surface area contributed by atoms with Gasteiger partial charge in [-0.15, -0.1) is 0 Å². The summed E-state index contributed by atoms with van der Waals surface area (Å²) in [4.78, 5) is 0. The van der Waals surface area contributed by atoms with Crippen LogP contribution < -0.4 is 0 Å². The minimum atomic E-state index is 0.494. The zero-order valence-electron chi connectivity index (χ0n) is 44.6. The van der Waals surface area contributed by atoms with Gasteiger partial charge in [0.25, 0.3) is 0 Å². The molecule has 72 heavy (non-hydrogen) atoms. The smallest absolute Gasteiger partial charge is 0.0895 e. The lowest BCUT2D eigenvalue weighted by Gasteiger charge is -2.09. The second-order valence-corrected chi connectivity index (χ2v) is 15.4. The Bertz CT molecular complexity index is 1010. The molecule has 0 aromatic heterocycles. The first-order chi connectivity index (χ1) is 35.8. The van der Waals surface area contributed by atoms with Crippen molar-refractivity contribution in [3.8, 4) is 0 Å². The van der Waals surface area contributed by atoms with Gasteiger partial charge in [-0.25, -0.2) is 0 Å². The molecule has 0 aliphatic carbocycles. The fraction of sp³-hybridized carbons (Fsp3) is 0.922. The summed E-state index contributed by atoms with van der Waals surface area (Å²) in [5.74, 6) is 0. The second-order valence-electron chi connectivity index (χ2n) is 15.4. The van der Waals surface area contributed by atoms with Crippen molar-refractivity contribution in [1.29, 1.82) is 0 Å². The first-order valence-electron chi connectivity index (χ1n) is 26.2. The standard InChI is InChI=1S/C51H100O21/c1-4-52-10-5-11-53-12-6-13-54-14-7-15-55-16-8-17-56-18-9-19-57-20-21-58-22-23-59-24-25-60-26-27-61-28-29-62-30-31-63-32-33-64-34-35-65-36-37-66-38-39-67-40-41-68-42-43-69-44-45-70-46-47-71-48-49-72-50-51(2)3/h4H,1-2,5-50H2,3H3. The molecule has 21 nitrogen and oxygen atoms in total. The van der Waals surface area contributed by atoms with Gasteiger partial charge in [-0.3, -0.25) is 0 Å². The van der Waals surface area contributed by atoms with Crippen molar-refractivity contribution >= 4 is 0 Å². The van der Waals surface area contributed by atoms with Gasteiger partial charge in [-0.2, -0.15) is 0 Å². The fourth-order valence-corrected chi connectivity index (χ4v) is 5.33. The Balaban J connectivity index is 3.08. The van der Waals surface area contributed by atoms with E-state index in [-0.39, 0.29) is 0 Å². The highest BCUT2D eigenvalue weighted by molar-refractivity contribution is 4.87. The summed E-state index contributed by atoms with van der Waals surface area (Å²) < 4.78 is 115. The lowest BCUT2D eigenvalue weighted by molar-refractivity contribution is -0.0304. The normalized spacial score (nSPS) is 11.6. The number of rotatable bonds is 68. The molecule has 0 radical (unpaired) electrons. The molecule has 0 rings (SSSR count). The molecule has 21 heteroatoms. The van der Waals surface area contributed by atoms with Crippen LogP contribution in [-0.4, -0.2) is 271 Å². The summed E-state index contributed by atoms with van der Waals surface area (Å²) in [6.45, 7) is 31.9. The third-order valence-electron chi connectivity index (χ3n) is 8.91. The maximum atomic E-state index is 5.64. The Morgan fingerprint density at radius 2 is 0.361 bits per heavy atom. The van der Waals surface area contributed by atoms with Crippen LogP contribution in [0, 0.1) is 0 Å². The van der Waals surface area contributed by atoms with E-state index in [1.165, 1.54) is 6.26 Å². The maximum Gasteiger partial charge on any atom is 0.0895 e. The van der Waals surface area contributed by atoms with Gasteiger partial charge in [0, 0.05) is 65.9 Å². The third-order valence-corrected chi connectivity index (χ3v) is 8.91. The number of ether oxygens (including phenoxy) is 21. The topological polar surface area (TPSA) is 194 Å². The van der Waals surface area contributed by atoms with E-state index in [2.05, 4.69) is 13.2 Å². The van der Waals surface area contributed by atoms with E-state index in [1.807, 2.05) is 6.92 Å². The van der Waals surface area contributed by atoms with Crippen LogP contribution >= 0.6 is 0 Å². The van der Waals surface area contributed by atoms with Gasteiger partial charge in [-0.1, -0.05) is 18.7 Å². The van der Waals surface area contributed by atoms with E-state index in [9.17, 15) is 0 Å². The van der Waals surface area contributed by atoms with E-state index < -0.39 is 0 Å². The molecule has 0 heterocycles. The molecule has 0 unspecified atom stereocenters. The van der Waals surface area contributed by atoms with Crippen molar-refractivity contribution in [3.05, 3.63) is 25.0 Å². The lowest BCUT2D eigenvalue weighted by atomic mass is 10.4. The molecule has 0 saturated carbocycles. The summed E-state index contributed by atoms with van der Waals surface area (Å²) in [7, 11) is 0. The summed E-state index contributed by atoms with van der Waals surface area (Å²) in [5.41, 5.74) is 1.000. The highest BCUT2D eigenvalue weighted by Crippen LogP contribution is 1.95. The molecular weight excluding hydrogens is 949 g/mol. The Labute approximate surface area is 433 Å². The molecule has 430 valence electrons. The third kappa shape index (κ3) is 68.5. The lowest BCUT2D eigenvalue weighted by Crippen LogP contribution is -2.16. The van der Waals surface area contributed by atoms with Crippen LogP contribution in [0.1, 0.15) is 39.0 Å². The summed E-state index contributed by atoms with van der Waals surface area (Å²) in [6.07, 6.45) is 5.82. The SMILES string of the molecule is C=COCCCOCCCOCCCOCCCOCCCOCCOCCOCCOCCOCCOCCOCCOCCOCCOCCOCCOCCOCCOCCOCCOCC(=C)C. The van der Waals surface area contributed by atoms with Crippen LogP contribution in [0.5, 0.6) is 0 Å². The van der Waals surface area contributed by atoms with Gasteiger partial charge in [0.2, 0.25) is 0 Å². The monoisotopic (exact) mass is 1050 g/mol. The predicted molar refractivity (Wildman–Crippen MR) is 270 cm³/mol. The van der Waals surface area contributed by atoms with Crippen LogP contribution in [0.25, 0.3) is 0 Å². The number of hydrogen-bond acceptors (Lipinski definition) is 21. The zero-order valence-corrected chi connectivity index (χ0v) is 44.6. The Hall–Kier alpha value is -1.52. The fourth-order valence-electron chi connectivity index (χ4n) is 5.33. The zero-order chi connectivity index (χ0) is 51.7. The van der Waals surface area contributed by atoms with E-state index in [1.54, 1.807) is 0 Å². The van der Waals surface area contributed by atoms with Crippen LogP contribution in [0.15, 0.2) is 25.0 Å². The summed E-state index contributed by atoms with van der Waals surface area (Å²) in [6, 6.07) is 0. The average Bonchev–Trinajstić information content (AvgIpc) is 3.38. The number of hydrogen-bond donors (Lipinski definition) is 0. The van der Waals surface area contributed by atoms with Gasteiger partial charge >= 0.3 is 0 Å². The van der Waals surface area contributed by atoms with Crippen LogP contribution in [0.3, 0.4) is 0 Å². The molecule has 0 spiro atoms. The van der Waals surface area contributed by atoms with Gasteiger partial charge < -0.3 is 99.5 Å². The largest absolute Gasteiger partial charge is 0.502 e. The van der Waals surface area contributed by atoms with Crippen molar-refractivity contribution in [1.82, 2.24) is 0 Å². The molecule has 0 amide bonds. The minimum Gasteiger partial charge on any atom is -0.502 e. The Morgan fingerprint density at radius 1 is 0.222 bits per heavy atom. The van der Waals surface area contributed by atoms with Gasteiger partial charge in [0.1, 0.15) is 0 Å². The predicted octanol–water partition coefficient (Wildman–Crippen LogP) is 4.01. The van der Waals surface area contributed by atoms with E-state index in [0.29, 0.717) is 271 Å². The maximum absolute atomic E-state index is 5.64. The molecule has 0 aliphatic heterocycles. The van der Waals surface area contributed by atoms with Crippen molar-refractivity contribution in [2.45, 2.75) is 39.0 Å². The van der Waals surface area contributed by atoms with Gasteiger partial charge in [0.15, 0.2) is 0 Å². The van der Waals surface area contributed by atoms with Crippen LogP contribution in [-0.2, 0) is 99.5 Å². The van der Waals surface area contributed by atoms with Gasteiger partial charge in [0.05, 0.1) is 218 Å². The quantitative estimate of drug-likeness (QED) is 0.0482. The molecular formula is C51H100O21. The Kier molecular flexibility index (Phi) is 66.1. The molecule has 0 saturated heterocycles. The van der Waals surface area contributed by atoms with Crippen molar-refractivity contribution in [2.75, 3.05) is 271 Å². The van der Waals surface area contributed by atoms with E-state index in [0.717, 1.165) is 37.7 Å².